The highest BCUT2D eigenvalue weighted by Gasteiger charge is 2.40. The molecule has 1 aromatic heterocycles. The largest absolute Gasteiger partial charge is 0.481 e. The van der Waals surface area contributed by atoms with Crippen LogP contribution in [0.4, 0.5) is 4.39 Å². The van der Waals surface area contributed by atoms with Crippen LogP contribution in [0.25, 0.3) is 5.57 Å². The van der Waals surface area contributed by atoms with Crippen LogP contribution in [0.1, 0.15) is 30.9 Å². The van der Waals surface area contributed by atoms with Crippen LogP contribution >= 0.6 is 0 Å². The number of carboxylic acid groups (broad SMARTS) is 1. The lowest BCUT2D eigenvalue weighted by Gasteiger charge is -2.29. The van der Waals surface area contributed by atoms with Crippen molar-refractivity contribution in [1.82, 2.24) is 4.98 Å². The summed E-state index contributed by atoms with van der Waals surface area (Å²) in [4.78, 5) is 15.2. The molecule has 1 N–H and O–H groups in total. The Balaban J connectivity index is 2.03. The van der Waals surface area contributed by atoms with E-state index in [0.29, 0.717) is 12.8 Å². The maximum absolute atomic E-state index is 13.4. The van der Waals surface area contributed by atoms with Crippen LogP contribution in [0, 0.1) is 11.7 Å². The highest BCUT2D eigenvalue weighted by Crippen LogP contribution is 2.47. The molecule has 0 amide bonds. The third-order valence-corrected chi connectivity index (χ3v) is 4.53. The van der Waals surface area contributed by atoms with Gasteiger partial charge in [0, 0.05) is 18.0 Å². The fraction of sp³-hybridized carbons (Fsp3) is 0.263. The number of halogens is 1. The van der Waals surface area contributed by atoms with Crippen molar-refractivity contribution in [2.45, 2.75) is 25.3 Å². The van der Waals surface area contributed by atoms with Gasteiger partial charge < -0.3 is 5.11 Å². The van der Waals surface area contributed by atoms with Crippen molar-refractivity contribution in [3.8, 4) is 0 Å². The maximum atomic E-state index is 13.4. The second-order valence-corrected chi connectivity index (χ2v) is 6.14. The van der Waals surface area contributed by atoms with Gasteiger partial charge in [0.1, 0.15) is 11.4 Å². The van der Waals surface area contributed by atoms with Gasteiger partial charge in [0.15, 0.2) is 0 Å². The van der Waals surface area contributed by atoms with Gasteiger partial charge in [-0.25, -0.2) is 4.39 Å². The van der Waals surface area contributed by atoms with Crippen molar-refractivity contribution in [1.29, 1.82) is 0 Å². The Hall–Kier alpha value is -2.89. The normalized spacial score (nSPS) is 20.3. The minimum atomic E-state index is -0.848. The summed E-state index contributed by atoms with van der Waals surface area (Å²) in [7, 11) is 0. The van der Waals surface area contributed by atoms with Crippen molar-refractivity contribution in [2.24, 2.45) is 16.1 Å². The molecule has 128 valence electrons. The molecule has 1 aliphatic rings. The van der Waals surface area contributed by atoms with Crippen LogP contribution in [0.15, 0.2) is 65.2 Å². The van der Waals surface area contributed by atoms with E-state index in [9.17, 15) is 14.3 Å². The van der Waals surface area contributed by atoms with Gasteiger partial charge in [-0.1, -0.05) is 19.1 Å². The average Bonchev–Trinajstić information content (AvgIpc) is 3.06. The summed E-state index contributed by atoms with van der Waals surface area (Å²) in [5, 5.41) is 17.8. The van der Waals surface area contributed by atoms with Crippen LogP contribution in [-0.2, 0) is 10.3 Å². The van der Waals surface area contributed by atoms with Crippen molar-refractivity contribution in [3.63, 3.8) is 0 Å². The van der Waals surface area contributed by atoms with E-state index in [2.05, 4.69) is 15.2 Å². The molecule has 0 fully saturated rings. The molecule has 1 aromatic carbocycles. The summed E-state index contributed by atoms with van der Waals surface area (Å²) in [5.74, 6) is -1.69. The lowest BCUT2D eigenvalue weighted by atomic mass is 9.76. The second kappa shape index (κ2) is 6.93. The van der Waals surface area contributed by atoms with E-state index in [1.165, 1.54) is 12.1 Å². The van der Waals surface area contributed by atoms with Crippen LogP contribution in [0.3, 0.4) is 0 Å². The van der Waals surface area contributed by atoms with Gasteiger partial charge in [-0.05, 0) is 48.2 Å². The van der Waals surface area contributed by atoms with Crippen molar-refractivity contribution < 1.29 is 14.3 Å². The average molecular weight is 339 g/mol. The number of aliphatic carboxylic acids is 1. The number of carbonyl (C=O) groups is 1. The Morgan fingerprint density at radius 3 is 2.52 bits per heavy atom. The molecular weight excluding hydrogens is 321 g/mol. The molecule has 2 aromatic rings. The summed E-state index contributed by atoms with van der Waals surface area (Å²) in [6.45, 7) is 1.67. The Morgan fingerprint density at radius 2 is 1.88 bits per heavy atom. The van der Waals surface area contributed by atoms with Crippen LogP contribution in [0.5, 0.6) is 0 Å². The smallest absolute Gasteiger partial charge is 0.306 e. The minimum absolute atomic E-state index is 0.331. The molecule has 25 heavy (non-hydrogen) atoms. The molecular formula is C19H18FN3O2. The predicted octanol–water partition coefficient (Wildman–Crippen LogP) is 4.42. The molecule has 1 aliphatic heterocycles. The van der Waals surface area contributed by atoms with Crippen LogP contribution in [-0.4, -0.2) is 16.1 Å². The predicted molar refractivity (Wildman–Crippen MR) is 91.2 cm³/mol. The first-order chi connectivity index (χ1) is 12.0. The molecule has 5 nitrogen and oxygen atoms in total. The van der Waals surface area contributed by atoms with Crippen LogP contribution < -0.4 is 0 Å². The third kappa shape index (κ3) is 3.33. The van der Waals surface area contributed by atoms with Crippen molar-refractivity contribution in [3.05, 3.63) is 71.9 Å². The molecule has 0 saturated carbocycles. The number of nitrogens with zero attached hydrogens (tertiary/aromatic N) is 3. The third-order valence-electron chi connectivity index (χ3n) is 4.53. The van der Waals surface area contributed by atoms with Crippen molar-refractivity contribution >= 4 is 11.5 Å². The van der Waals surface area contributed by atoms with E-state index >= 15 is 0 Å². The number of carboxylic acids is 1. The van der Waals surface area contributed by atoms with Gasteiger partial charge in [-0.15, -0.1) is 0 Å². The number of hydrogen-bond acceptors (Lipinski definition) is 4. The molecule has 3 rings (SSSR count). The summed E-state index contributed by atoms with van der Waals surface area (Å²) in [5.41, 5.74) is 1.74. The Bertz CT molecular complexity index is 818. The summed E-state index contributed by atoms with van der Waals surface area (Å²) >= 11 is 0. The van der Waals surface area contributed by atoms with Gasteiger partial charge >= 0.3 is 5.97 Å². The lowest BCUT2D eigenvalue weighted by Crippen LogP contribution is -2.25. The number of aromatic nitrogens is 1. The molecule has 0 aliphatic carbocycles. The molecule has 2 unspecified atom stereocenters. The Kier molecular flexibility index (Phi) is 4.70. The van der Waals surface area contributed by atoms with E-state index in [4.69, 9.17) is 0 Å². The molecule has 0 radical (unpaired) electrons. The lowest BCUT2D eigenvalue weighted by molar-refractivity contribution is -0.141. The maximum Gasteiger partial charge on any atom is 0.306 e. The first kappa shape index (κ1) is 17.0. The minimum Gasteiger partial charge on any atom is -0.481 e. The first-order valence-corrected chi connectivity index (χ1v) is 8.05. The fourth-order valence-electron chi connectivity index (χ4n) is 3.01. The zero-order chi connectivity index (χ0) is 17.9. The second-order valence-electron chi connectivity index (χ2n) is 6.14. The van der Waals surface area contributed by atoms with E-state index in [1.807, 2.05) is 12.1 Å². The van der Waals surface area contributed by atoms with E-state index < -0.39 is 17.4 Å². The van der Waals surface area contributed by atoms with E-state index in [0.717, 1.165) is 16.7 Å². The number of pyridine rings is 1. The fourth-order valence-corrected chi connectivity index (χ4v) is 3.01. The first-order valence-electron chi connectivity index (χ1n) is 8.05. The monoisotopic (exact) mass is 339 g/mol. The zero-order valence-corrected chi connectivity index (χ0v) is 13.8. The highest BCUT2D eigenvalue weighted by molar-refractivity contribution is 5.76. The molecule has 2 heterocycles. The van der Waals surface area contributed by atoms with Crippen LogP contribution in [0.2, 0.25) is 0 Å². The highest BCUT2D eigenvalue weighted by atomic mass is 19.1. The number of azo groups is 1. The van der Waals surface area contributed by atoms with E-state index in [-0.39, 0.29) is 5.82 Å². The zero-order valence-electron chi connectivity index (χ0n) is 13.8. The Morgan fingerprint density at radius 1 is 1.20 bits per heavy atom. The number of benzene rings is 1. The molecule has 0 spiro atoms. The van der Waals surface area contributed by atoms with E-state index in [1.54, 1.807) is 37.7 Å². The standard InChI is InChI=1S/C19H18FN3O2/c1-13(18(24)25)6-9-19(15-2-4-16(20)5-3-15)17(12-22-23-19)14-7-10-21-11-8-14/h2-5,7-8,10-13H,6,9H2,1H3,(H,24,25). The van der Waals surface area contributed by atoms with Gasteiger partial charge in [0.25, 0.3) is 0 Å². The van der Waals surface area contributed by atoms with Gasteiger partial charge in [-0.2, -0.15) is 10.2 Å². The summed E-state index contributed by atoms with van der Waals surface area (Å²) in [6, 6.07) is 9.86. The van der Waals surface area contributed by atoms with Gasteiger partial charge in [0.05, 0.1) is 12.1 Å². The Labute approximate surface area is 145 Å². The molecule has 0 bridgehead atoms. The molecule has 2 atom stereocenters. The topological polar surface area (TPSA) is 74.9 Å². The van der Waals surface area contributed by atoms with Gasteiger partial charge in [0.2, 0.25) is 0 Å². The molecule has 6 heteroatoms. The SMILES string of the molecule is CC(CCC1(c2ccc(F)cc2)N=NC=C1c1ccncc1)C(=O)O. The number of hydrogen-bond donors (Lipinski definition) is 1. The summed E-state index contributed by atoms with van der Waals surface area (Å²) < 4.78 is 13.4. The summed E-state index contributed by atoms with van der Waals surface area (Å²) in [6.07, 6.45) is 5.94. The quantitative estimate of drug-likeness (QED) is 0.846. The van der Waals surface area contributed by atoms with Gasteiger partial charge in [-0.3, -0.25) is 9.78 Å². The van der Waals surface area contributed by atoms with Crippen molar-refractivity contribution in [2.75, 3.05) is 0 Å². The number of rotatable bonds is 6. The molecule has 0 saturated heterocycles.